The molecule has 0 atom stereocenters. The lowest BCUT2D eigenvalue weighted by Crippen LogP contribution is -2.05. The zero-order valence-corrected chi connectivity index (χ0v) is 6.80. The average molecular weight is 205 g/mol. The van der Waals surface area contributed by atoms with Crippen LogP contribution in [0.1, 0.15) is 0 Å². The summed E-state index contributed by atoms with van der Waals surface area (Å²) in [6.07, 6.45) is -3.62. The van der Waals surface area contributed by atoms with E-state index in [2.05, 4.69) is 4.74 Å². The summed E-state index contributed by atoms with van der Waals surface area (Å²) in [5.74, 6) is 1.11. The number of halogens is 2. The Morgan fingerprint density at radius 3 is 1.36 bits per heavy atom. The predicted molar refractivity (Wildman–Crippen MR) is 38.6 cm³/mol. The topological polar surface area (TPSA) is 83.8 Å². The number of carboxylic acid groups (broad SMARTS) is 2. The van der Waals surface area contributed by atoms with Crippen molar-refractivity contribution < 1.29 is 24.5 Å². The first-order valence-electron chi connectivity index (χ1n) is 2.30. The second-order valence-electron chi connectivity index (χ2n) is 1.01. The van der Waals surface area contributed by atoms with Crippen molar-refractivity contribution in [3.63, 3.8) is 0 Å². The van der Waals surface area contributed by atoms with E-state index in [9.17, 15) is 9.59 Å². The van der Waals surface area contributed by atoms with E-state index >= 15 is 0 Å². The molecule has 0 saturated carbocycles. The fourth-order valence-electron chi connectivity index (χ4n) is 0.0747. The number of alkyl halides is 2. The van der Waals surface area contributed by atoms with Gasteiger partial charge >= 0.3 is 12.3 Å². The molecular weight excluding hydrogens is 199 g/mol. The first-order chi connectivity index (χ1) is 5.04. The van der Waals surface area contributed by atoms with Gasteiger partial charge in [-0.05, 0) is 0 Å². The number of carbonyl (C=O) groups is 2. The maximum atomic E-state index is 9.21. The molecule has 5 nitrogen and oxygen atoms in total. The Kier molecular flexibility index (Phi) is 11.0. The molecule has 11 heavy (non-hydrogen) atoms. The van der Waals surface area contributed by atoms with Crippen LogP contribution in [0.3, 0.4) is 0 Å². The first kappa shape index (κ1) is 12.9. The van der Waals surface area contributed by atoms with Crippen molar-refractivity contribution in [1.82, 2.24) is 0 Å². The van der Waals surface area contributed by atoms with Gasteiger partial charge in [-0.3, -0.25) is 0 Å². The van der Waals surface area contributed by atoms with Crippen LogP contribution in [0.25, 0.3) is 0 Å². The van der Waals surface area contributed by atoms with Gasteiger partial charge in [0.25, 0.3) is 0 Å². The lowest BCUT2D eigenvalue weighted by molar-refractivity contribution is 0.0802. The molecule has 0 radical (unpaired) electrons. The summed E-state index contributed by atoms with van der Waals surface area (Å²) in [5.41, 5.74) is 0. The van der Waals surface area contributed by atoms with Crippen LogP contribution < -0.4 is 0 Å². The molecule has 0 bridgehead atoms. The second-order valence-corrected chi connectivity index (χ2v) is 1.77. The number of hydrogen-bond donors (Lipinski definition) is 2. The molecule has 0 unspecified atom stereocenters. The number of ether oxygens (including phenoxy) is 1. The van der Waals surface area contributed by atoms with Crippen LogP contribution in [-0.2, 0) is 4.74 Å². The van der Waals surface area contributed by atoms with Crippen LogP contribution in [0.2, 0.25) is 0 Å². The monoisotopic (exact) mass is 204 g/mol. The lowest BCUT2D eigenvalue weighted by Gasteiger charge is -1.84. The van der Waals surface area contributed by atoms with Gasteiger partial charge in [-0.25, -0.2) is 9.59 Å². The standard InChI is InChI=1S/C2H4Cl2.C2H2O5/c3-1-2-4;3-1(4)7-2(5)6/h1-2H2;(H,3,4)(H,5,6). The fourth-order valence-corrected chi connectivity index (χ4v) is 0.0747. The minimum absolute atomic E-state index is 0.557. The summed E-state index contributed by atoms with van der Waals surface area (Å²) in [7, 11) is 0. The van der Waals surface area contributed by atoms with E-state index in [1.807, 2.05) is 0 Å². The van der Waals surface area contributed by atoms with Gasteiger partial charge in [0.2, 0.25) is 0 Å². The van der Waals surface area contributed by atoms with E-state index in [0.717, 1.165) is 0 Å². The van der Waals surface area contributed by atoms with Gasteiger partial charge < -0.3 is 14.9 Å². The van der Waals surface area contributed by atoms with Gasteiger partial charge in [0.05, 0.1) is 0 Å². The van der Waals surface area contributed by atoms with Gasteiger partial charge in [0.15, 0.2) is 0 Å². The van der Waals surface area contributed by atoms with Crippen molar-refractivity contribution in [2.24, 2.45) is 0 Å². The summed E-state index contributed by atoms with van der Waals surface area (Å²) in [4.78, 5) is 18.4. The highest BCUT2D eigenvalue weighted by Crippen LogP contribution is 1.75. The van der Waals surface area contributed by atoms with Crippen LogP contribution in [0.5, 0.6) is 0 Å². The van der Waals surface area contributed by atoms with Gasteiger partial charge in [-0.2, -0.15) is 0 Å². The number of hydrogen-bond acceptors (Lipinski definition) is 3. The molecular formula is C4H6Cl2O5. The smallest absolute Gasteiger partial charge is 0.449 e. The van der Waals surface area contributed by atoms with Crippen molar-refractivity contribution in [3.8, 4) is 0 Å². The SMILES string of the molecule is ClCCCl.O=C(O)OC(=O)O. The third kappa shape index (κ3) is 26.8. The zero-order valence-electron chi connectivity index (χ0n) is 5.29. The van der Waals surface area contributed by atoms with E-state index in [0.29, 0.717) is 11.8 Å². The average Bonchev–Trinajstić information content (AvgIpc) is 1.85. The zero-order chi connectivity index (χ0) is 9.28. The highest BCUT2D eigenvalue weighted by atomic mass is 35.5. The summed E-state index contributed by atoms with van der Waals surface area (Å²) in [6.45, 7) is 0. The minimum Gasteiger partial charge on any atom is -0.449 e. The van der Waals surface area contributed by atoms with Crippen molar-refractivity contribution in [2.45, 2.75) is 0 Å². The maximum Gasteiger partial charge on any atom is 0.516 e. The molecule has 0 spiro atoms. The summed E-state index contributed by atoms with van der Waals surface area (Å²) in [6, 6.07) is 0. The van der Waals surface area contributed by atoms with Crippen LogP contribution in [0.4, 0.5) is 9.59 Å². The Morgan fingerprint density at radius 2 is 1.36 bits per heavy atom. The van der Waals surface area contributed by atoms with Crippen molar-refractivity contribution >= 4 is 35.5 Å². The Morgan fingerprint density at radius 1 is 1.09 bits per heavy atom. The minimum atomic E-state index is -1.81. The third-order valence-corrected chi connectivity index (χ3v) is 0.817. The molecule has 0 fully saturated rings. The molecule has 7 heteroatoms. The molecule has 0 aliphatic carbocycles. The molecule has 0 amide bonds. The molecule has 0 heterocycles. The quantitative estimate of drug-likeness (QED) is 0.387. The van der Waals surface area contributed by atoms with E-state index < -0.39 is 12.3 Å². The van der Waals surface area contributed by atoms with Crippen LogP contribution >= 0.6 is 23.2 Å². The van der Waals surface area contributed by atoms with E-state index in [-0.39, 0.29) is 0 Å². The van der Waals surface area contributed by atoms with E-state index in [1.165, 1.54) is 0 Å². The largest absolute Gasteiger partial charge is 0.516 e. The lowest BCUT2D eigenvalue weighted by atomic mass is 11.0. The number of rotatable bonds is 1. The molecule has 0 aromatic heterocycles. The Balaban J connectivity index is 0. The van der Waals surface area contributed by atoms with Gasteiger partial charge in [0.1, 0.15) is 0 Å². The van der Waals surface area contributed by atoms with Crippen LogP contribution in [-0.4, -0.2) is 34.3 Å². The molecule has 0 rings (SSSR count). The first-order valence-corrected chi connectivity index (χ1v) is 3.37. The van der Waals surface area contributed by atoms with Crippen molar-refractivity contribution in [2.75, 3.05) is 11.8 Å². The molecule has 2 N–H and O–H groups in total. The second kappa shape index (κ2) is 9.32. The van der Waals surface area contributed by atoms with Gasteiger partial charge in [-0.1, -0.05) is 0 Å². The van der Waals surface area contributed by atoms with Gasteiger partial charge in [0, 0.05) is 11.8 Å². The van der Waals surface area contributed by atoms with Crippen molar-refractivity contribution in [1.29, 1.82) is 0 Å². The molecule has 66 valence electrons. The molecule has 0 aliphatic heterocycles. The summed E-state index contributed by atoms with van der Waals surface area (Å²) >= 11 is 10.1. The highest BCUT2D eigenvalue weighted by molar-refractivity contribution is 6.25. The molecule has 0 aromatic rings. The van der Waals surface area contributed by atoms with E-state index in [4.69, 9.17) is 33.4 Å². The molecule has 0 aliphatic rings. The van der Waals surface area contributed by atoms with Crippen molar-refractivity contribution in [3.05, 3.63) is 0 Å². The summed E-state index contributed by atoms with van der Waals surface area (Å²) in [5, 5.41) is 15.0. The van der Waals surface area contributed by atoms with Gasteiger partial charge in [-0.15, -0.1) is 23.2 Å². The van der Waals surface area contributed by atoms with Crippen LogP contribution in [0, 0.1) is 0 Å². The maximum absolute atomic E-state index is 9.21. The molecule has 0 aromatic carbocycles. The summed E-state index contributed by atoms with van der Waals surface area (Å²) < 4.78 is 3.08. The molecule has 0 saturated heterocycles. The normalized spacial score (nSPS) is 7.45. The predicted octanol–water partition coefficient (Wildman–Crippen LogP) is 1.82. The Labute approximate surface area is 72.5 Å². The fraction of sp³-hybridized carbons (Fsp3) is 0.500. The Hall–Kier alpha value is -0.680. The Bertz CT molecular complexity index is 112. The highest BCUT2D eigenvalue weighted by Gasteiger charge is 2.01. The third-order valence-electron chi connectivity index (χ3n) is 0.246. The van der Waals surface area contributed by atoms with E-state index in [1.54, 1.807) is 0 Å². The van der Waals surface area contributed by atoms with Crippen LogP contribution in [0.15, 0.2) is 0 Å².